The van der Waals surface area contributed by atoms with Crippen LogP contribution in [0.25, 0.3) is 0 Å². The lowest BCUT2D eigenvalue weighted by Gasteiger charge is -2.26. The van der Waals surface area contributed by atoms with Crippen molar-refractivity contribution >= 4 is 29.9 Å². The van der Waals surface area contributed by atoms with E-state index in [1.54, 1.807) is 5.57 Å². The SMILES string of the molecule is CCNC(=NCCC1=CCCC1)N(C)CCC1CCOCC1.I. The summed E-state index contributed by atoms with van der Waals surface area (Å²) in [4.78, 5) is 7.10. The highest BCUT2D eigenvalue weighted by Crippen LogP contribution is 2.20. The van der Waals surface area contributed by atoms with Crippen molar-refractivity contribution in [2.75, 3.05) is 39.9 Å². The van der Waals surface area contributed by atoms with Crippen molar-refractivity contribution in [3.63, 3.8) is 0 Å². The molecule has 0 unspecified atom stereocenters. The number of nitrogens with zero attached hydrogens (tertiary/aromatic N) is 2. The lowest BCUT2D eigenvalue weighted by Crippen LogP contribution is -2.40. The molecule has 1 aliphatic carbocycles. The zero-order valence-corrected chi connectivity index (χ0v) is 17.2. The Morgan fingerprint density at radius 2 is 2.17 bits per heavy atom. The van der Waals surface area contributed by atoms with Gasteiger partial charge in [0.15, 0.2) is 5.96 Å². The third-order valence-corrected chi connectivity index (χ3v) is 4.74. The number of ether oxygens (including phenoxy) is 1. The van der Waals surface area contributed by atoms with Crippen molar-refractivity contribution in [2.24, 2.45) is 10.9 Å². The van der Waals surface area contributed by atoms with Crippen molar-refractivity contribution in [1.82, 2.24) is 10.2 Å². The maximum atomic E-state index is 5.44. The van der Waals surface area contributed by atoms with Gasteiger partial charge in [-0.15, -0.1) is 24.0 Å². The number of guanidine groups is 1. The third kappa shape index (κ3) is 7.88. The fourth-order valence-electron chi connectivity index (χ4n) is 3.26. The topological polar surface area (TPSA) is 36.9 Å². The van der Waals surface area contributed by atoms with E-state index in [1.807, 2.05) is 0 Å². The molecule has 4 nitrogen and oxygen atoms in total. The van der Waals surface area contributed by atoms with E-state index in [9.17, 15) is 0 Å². The van der Waals surface area contributed by atoms with E-state index in [1.165, 1.54) is 38.5 Å². The summed E-state index contributed by atoms with van der Waals surface area (Å²) in [6.07, 6.45) is 11.1. The van der Waals surface area contributed by atoms with Gasteiger partial charge < -0.3 is 15.0 Å². The van der Waals surface area contributed by atoms with Crippen LogP contribution in [0.5, 0.6) is 0 Å². The highest BCUT2D eigenvalue weighted by molar-refractivity contribution is 14.0. The number of halogens is 1. The minimum atomic E-state index is 0. The van der Waals surface area contributed by atoms with Crippen LogP contribution in [0.2, 0.25) is 0 Å². The second-order valence-electron chi connectivity index (χ2n) is 6.51. The van der Waals surface area contributed by atoms with Gasteiger partial charge in [-0.05, 0) is 57.8 Å². The van der Waals surface area contributed by atoms with Crippen molar-refractivity contribution in [3.05, 3.63) is 11.6 Å². The summed E-state index contributed by atoms with van der Waals surface area (Å²) in [6, 6.07) is 0. The first kappa shape index (κ1) is 20.7. The van der Waals surface area contributed by atoms with Gasteiger partial charge in [0, 0.05) is 39.9 Å². The van der Waals surface area contributed by atoms with Gasteiger partial charge >= 0.3 is 0 Å². The molecule has 23 heavy (non-hydrogen) atoms. The predicted molar refractivity (Wildman–Crippen MR) is 109 cm³/mol. The van der Waals surface area contributed by atoms with Gasteiger partial charge in [0.25, 0.3) is 0 Å². The van der Waals surface area contributed by atoms with Crippen LogP contribution in [0.4, 0.5) is 0 Å². The van der Waals surface area contributed by atoms with E-state index < -0.39 is 0 Å². The summed E-state index contributed by atoms with van der Waals surface area (Å²) >= 11 is 0. The maximum Gasteiger partial charge on any atom is 0.193 e. The standard InChI is InChI=1S/C18H33N3O.HI/c1-3-19-18(20-12-8-16-6-4-5-7-16)21(2)13-9-17-10-14-22-15-11-17;/h6,17H,3-5,7-15H2,1-2H3,(H,19,20);1H. The molecule has 5 heteroatoms. The molecule has 0 aromatic carbocycles. The molecule has 0 atom stereocenters. The molecule has 1 aliphatic heterocycles. The molecule has 0 saturated carbocycles. The zero-order valence-electron chi connectivity index (χ0n) is 14.9. The minimum Gasteiger partial charge on any atom is -0.381 e. The molecule has 2 rings (SSSR count). The molecule has 0 radical (unpaired) electrons. The van der Waals surface area contributed by atoms with Gasteiger partial charge in [0.2, 0.25) is 0 Å². The van der Waals surface area contributed by atoms with Crippen molar-refractivity contribution < 1.29 is 4.74 Å². The average Bonchev–Trinajstić information content (AvgIpc) is 3.06. The molecule has 1 heterocycles. The van der Waals surface area contributed by atoms with Crippen LogP contribution in [0.1, 0.15) is 51.9 Å². The van der Waals surface area contributed by atoms with Gasteiger partial charge in [-0.3, -0.25) is 4.99 Å². The number of allylic oxidation sites excluding steroid dienone is 1. The van der Waals surface area contributed by atoms with Gasteiger partial charge in [0.05, 0.1) is 0 Å². The summed E-state index contributed by atoms with van der Waals surface area (Å²) in [6.45, 7) is 6.95. The molecular formula is C18H34IN3O. The fraction of sp³-hybridized carbons (Fsp3) is 0.833. The van der Waals surface area contributed by atoms with E-state index in [2.05, 4.69) is 30.3 Å². The minimum absolute atomic E-state index is 0. The van der Waals surface area contributed by atoms with Crippen LogP contribution < -0.4 is 5.32 Å². The van der Waals surface area contributed by atoms with Crippen molar-refractivity contribution in [2.45, 2.75) is 51.9 Å². The van der Waals surface area contributed by atoms with Crippen molar-refractivity contribution in [3.8, 4) is 0 Å². The summed E-state index contributed by atoms with van der Waals surface area (Å²) in [5.74, 6) is 1.89. The third-order valence-electron chi connectivity index (χ3n) is 4.74. The highest BCUT2D eigenvalue weighted by Gasteiger charge is 2.15. The normalized spacial score (nSPS) is 19.2. The monoisotopic (exact) mass is 435 g/mol. The number of nitrogens with one attached hydrogen (secondary N) is 1. The number of hydrogen-bond acceptors (Lipinski definition) is 2. The van der Waals surface area contributed by atoms with Crippen LogP contribution in [0.15, 0.2) is 16.6 Å². The molecule has 1 N–H and O–H groups in total. The Labute approximate surface area is 159 Å². The second kappa shape index (κ2) is 12.1. The largest absolute Gasteiger partial charge is 0.381 e. The molecule has 1 fully saturated rings. The Bertz CT molecular complexity index is 378. The van der Waals surface area contributed by atoms with E-state index >= 15 is 0 Å². The maximum absolute atomic E-state index is 5.44. The summed E-state index contributed by atoms with van der Waals surface area (Å²) in [5, 5.41) is 3.43. The average molecular weight is 435 g/mol. The molecule has 2 aliphatic rings. The first-order valence-corrected chi connectivity index (χ1v) is 9.04. The fourth-order valence-corrected chi connectivity index (χ4v) is 3.26. The smallest absolute Gasteiger partial charge is 0.193 e. The molecule has 134 valence electrons. The van der Waals surface area contributed by atoms with Crippen LogP contribution in [0.3, 0.4) is 0 Å². The Hall–Kier alpha value is -0.300. The highest BCUT2D eigenvalue weighted by atomic mass is 127. The van der Waals surface area contributed by atoms with Crippen molar-refractivity contribution in [1.29, 1.82) is 0 Å². The van der Waals surface area contributed by atoms with E-state index in [0.29, 0.717) is 0 Å². The Morgan fingerprint density at radius 3 is 2.83 bits per heavy atom. The molecule has 0 amide bonds. The quantitative estimate of drug-likeness (QED) is 0.286. The number of rotatable bonds is 7. The molecule has 0 spiro atoms. The van der Waals surface area contributed by atoms with Gasteiger partial charge in [-0.1, -0.05) is 11.6 Å². The second-order valence-corrected chi connectivity index (χ2v) is 6.51. The first-order chi connectivity index (χ1) is 10.8. The summed E-state index contributed by atoms with van der Waals surface area (Å²) in [5.41, 5.74) is 1.60. The molecule has 0 aromatic rings. The van der Waals surface area contributed by atoms with Crippen LogP contribution in [0, 0.1) is 5.92 Å². The lowest BCUT2D eigenvalue weighted by molar-refractivity contribution is 0.0625. The van der Waals surface area contributed by atoms with Crippen LogP contribution in [-0.4, -0.2) is 50.8 Å². The number of hydrogen-bond donors (Lipinski definition) is 1. The Morgan fingerprint density at radius 1 is 1.39 bits per heavy atom. The van der Waals surface area contributed by atoms with E-state index in [0.717, 1.165) is 51.1 Å². The number of aliphatic imine (C=N–C) groups is 1. The zero-order chi connectivity index (χ0) is 15.6. The lowest BCUT2D eigenvalue weighted by atomic mass is 9.96. The summed E-state index contributed by atoms with van der Waals surface area (Å²) < 4.78 is 5.44. The molecular weight excluding hydrogens is 401 g/mol. The summed E-state index contributed by atoms with van der Waals surface area (Å²) in [7, 11) is 2.16. The first-order valence-electron chi connectivity index (χ1n) is 9.04. The molecule has 0 bridgehead atoms. The molecule has 1 saturated heterocycles. The van der Waals surface area contributed by atoms with E-state index in [-0.39, 0.29) is 24.0 Å². The van der Waals surface area contributed by atoms with Gasteiger partial charge in [-0.25, -0.2) is 0 Å². The van der Waals surface area contributed by atoms with Gasteiger partial charge in [0.1, 0.15) is 0 Å². The van der Waals surface area contributed by atoms with Crippen LogP contribution >= 0.6 is 24.0 Å². The molecule has 0 aromatic heterocycles. The van der Waals surface area contributed by atoms with Crippen LogP contribution in [-0.2, 0) is 4.74 Å². The Kier molecular flexibility index (Phi) is 10.9. The Balaban J connectivity index is 0.00000264. The predicted octanol–water partition coefficient (Wildman–Crippen LogP) is 3.82. The van der Waals surface area contributed by atoms with E-state index in [4.69, 9.17) is 9.73 Å². The van der Waals surface area contributed by atoms with Gasteiger partial charge in [-0.2, -0.15) is 0 Å².